The van der Waals surface area contributed by atoms with Gasteiger partial charge in [0.05, 0.1) is 12.5 Å². The highest BCUT2D eigenvalue weighted by atomic mass is 79.9. The Kier molecular flexibility index (Phi) is 5.53. The number of halogens is 1. The van der Waals surface area contributed by atoms with Gasteiger partial charge in [0.2, 0.25) is 5.91 Å². The summed E-state index contributed by atoms with van der Waals surface area (Å²) in [4.78, 5) is 12.2. The van der Waals surface area contributed by atoms with Crippen molar-refractivity contribution in [3.8, 4) is 0 Å². The molecule has 2 rings (SSSR count). The number of hydrogen-bond donors (Lipinski definition) is 2. The SMILES string of the molecule is C[C@H](NC(=O)Cc1ccccc1CN)c1ccccc1Br. The van der Waals surface area contributed by atoms with Gasteiger partial charge in [0.25, 0.3) is 0 Å². The molecule has 0 unspecified atom stereocenters. The van der Waals surface area contributed by atoms with Gasteiger partial charge in [0, 0.05) is 11.0 Å². The zero-order valence-corrected chi connectivity index (χ0v) is 13.6. The third-order valence-electron chi connectivity index (χ3n) is 3.44. The molecule has 3 N–H and O–H groups in total. The fourth-order valence-corrected chi connectivity index (χ4v) is 2.93. The predicted octanol–water partition coefficient (Wildman–Crippen LogP) is 3.33. The van der Waals surface area contributed by atoms with Crippen LogP contribution in [0.2, 0.25) is 0 Å². The summed E-state index contributed by atoms with van der Waals surface area (Å²) in [7, 11) is 0. The molecule has 0 radical (unpaired) electrons. The van der Waals surface area contributed by atoms with Gasteiger partial charge >= 0.3 is 0 Å². The molecule has 110 valence electrons. The molecule has 21 heavy (non-hydrogen) atoms. The lowest BCUT2D eigenvalue weighted by molar-refractivity contribution is -0.121. The van der Waals surface area contributed by atoms with Gasteiger partial charge in [0.15, 0.2) is 0 Å². The first-order valence-corrected chi connectivity index (χ1v) is 7.71. The molecule has 3 nitrogen and oxygen atoms in total. The van der Waals surface area contributed by atoms with Gasteiger partial charge < -0.3 is 11.1 Å². The molecule has 4 heteroatoms. The Hall–Kier alpha value is -1.65. The van der Waals surface area contributed by atoms with Crippen LogP contribution < -0.4 is 11.1 Å². The molecule has 0 heterocycles. The number of nitrogens with two attached hydrogens (primary N) is 1. The van der Waals surface area contributed by atoms with E-state index in [9.17, 15) is 4.79 Å². The van der Waals surface area contributed by atoms with Crippen LogP contribution in [-0.2, 0) is 17.8 Å². The Morgan fingerprint density at radius 1 is 1.14 bits per heavy atom. The van der Waals surface area contributed by atoms with Crippen LogP contribution in [0.15, 0.2) is 53.0 Å². The maximum atomic E-state index is 12.2. The van der Waals surface area contributed by atoms with Crippen molar-refractivity contribution < 1.29 is 4.79 Å². The van der Waals surface area contributed by atoms with Gasteiger partial charge in [-0.25, -0.2) is 0 Å². The van der Waals surface area contributed by atoms with E-state index in [-0.39, 0.29) is 11.9 Å². The monoisotopic (exact) mass is 346 g/mol. The maximum absolute atomic E-state index is 12.2. The second-order valence-electron chi connectivity index (χ2n) is 4.96. The third kappa shape index (κ3) is 4.16. The first kappa shape index (κ1) is 15.7. The van der Waals surface area contributed by atoms with Gasteiger partial charge in [-0.3, -0.25) is 4.79 Å². The quantitative estimate of drug-likeness (QED) is 0.872. The molecule has 1 amide bonds. The zero-order chi connectivity index (χ0) is 15.2. The molecule has 0 bridgehead atoms. The second kappa shape index (κ2) is 7.38. The summed E-state index contributed by atoms with van der Waals surface area (Å²) < 4.78 is 1.00. The van der Waals surface area contributed by atoms with Crippen molar-refractivity contribution in [2.75, 3.05) is 0 Å². The van der Waals surface area contributed by atoms with Crippen LogP contribution >= 0.6 is 15.9 Å². The standard InChI is InChI=1S/C17H19BrN2O/c1-12(15-8-4-5-9-16(15)18)20-17(21)10-13-6-2-3-7-14(13)11-19/h2-9,12H,10-11,19H2,1H3,(H,20,21)/t12-/m0/s1. The number of hydrogen-bond acceptors (Lipinski definition) is 2. The minimum atomic E-state index is -0.0434. The highest BCUT2D eigenvalue weighted by Crippen LogP contribution is 2.22. The van der Waals surface area contributed by atoms with Crippen LogP contribution in [0.3, 0.4) is 0 Å². The molecule has 0 saturated carbocycles. The van der Waals surface area contributed by atoms with E-state index in [1.807, 2.05) is 55.5 Å². The van der Waals surface area contributed by atoms with Crippen molar-refractivity contribution in [2.45, 2.75) is 25.9 Å². The van der Waals surface area contributed by atoms with Gasteiger partial charge in [-0.15, -0.1) is 0 Å². The number of amides is 1. The summed E-state index contributed by atoms with van der Waals surface area (Å²) >= 11 is 3.51. The Labute approximate surface area is 133 Å². The molecular weight excluding hydrogens is 328 g/mol. The molecule has 0 fully saturated rings. The number of nitrogens with one attached hydrogen (secondary N) is 1. The van der Waals surface area contributed by atoms with Gasteiger partial charge in [-0.2, -0.15) is 0 Å². The van der Waals surface area contributed by atoms with Crippen molar-refractivity contribution >= 4 is 21.8 Å². The van der Waals surface area contributed by atoms with Crippen molar-refractivity contribution in [1.29, 1.82) is 0 Å². The minimum Gasteiger partial charge on any atom is -0.349 e. The maximum Gasteiger partial charge on any atom is 0.224 e. The van der Waals surface area contributed by atoms with E-state index in [4.69, 9.17) is 5.73 Å². The molecule has 0 aliphatic rings. The lowest BCUT2D eigenvalue weighted by atomic mass is 10.0. The van der Waals surface area contributed by atoms with Crippen molar-refractivity contribution in [2.24, 2.45) is 5.73 Å². The van der Waals surface area contributed by atoms with Crippen LogP contribution in [0.1, 0.15) is 29.7 Å². The molecule has 2 aromatic rings. The Bertz CT molecular complexity index is 628. The Balaban J connectivity index is 2.03. The fourth-order valence-electron chi connectivity index (χ4n) is 2.30. The lowest BCUT2D eigenvalue weighted by Crippen LogP contribution is -2.28. The van der Waals surface area contributed by atoms with Crippen LogP contribution in [0.25, 0.3) is 0 Å². The van der Waals surface area contributed by atoms with E-state index in [0.717, 1.165) is 21.2 Å². The average molecular weight is 347 g/mol. The smallest absolute Gasteiger partial charge is 0.224 e. The zero-order valence-electron chi connectivity index (χ0n) is 12.0. The summed E-state index contributed by atoms with van der Waals surface area (Å²) in [6.07, 6.45) is 0.349. The summed E-state index contributed by atoms with van der Waals surface area (Å²) in [5.74, 6) is -0.000784. The molecule has 0 saturated heterocycles. The second-order valence-corrected chi connectivity index (χ2v) is 5.81. The molecule has 0 spiro atoms. The Morgan fingerprint density at radius 2 is 1.76 bits per heavy atom. The Morgan fingerprint density at radius 3 is 2.43 bits per heavy atom. The highest BCUT2D eigenvalue weighted by Gasteiger charge is 2.13. The van der Waals surface area contributed by atoms with Crippen LogP contribution in [0.4, 0.5) is 0 Å². The van der Waals surface area contributed by atoms with Gasteiger partial charge in [-0.1, -0.05) is 58.4 Å². The number of benzene rings is 2. The van der Waals surface area contributed by atoms with E-state index >= 15 is 0 Å². The lowest BCUT2D eigenvalue weighted by Gasteiger charge is -2.16. The summed E-state index contributed by atoms with van der Waals surface area (Å²) in [6.45, 7) is 2.43. The molecule has 0 aromatic heterocycles. The van der Waals surface area contributed by atoms with E-state index in [1.165, 1.54) is 0 Å². The summed E-state index contributed by atoms with van der Waals surface area (Å²) in [5, 5.41) is 3.03. The third-order valence-corrected chi connectivity index (χ3v) is 4.16. The largest absolute Gasteiger partial charge is 0.349 e. The molecule has 2 aromatic carbocycles. The van der Waals surface area contributed by atoms with E-state index in [0.29, 0.717) is 13.0 Å². The molecular formula is C17H19BrN2O. The van der Waals surface area contributed by atoms with Crippen LogP contribution in [-0.4, -0.2) is 5.91 Å². The molecule has 1 atom stereocenters. The first-order chi connectivity index (χ1) is 10.1. The van der Waals surface area contributed by atoms with Crippen LogP contribution in [0.5, 0.6) is 0 Å². The van der Waals surface area contributed by atoms with Crippen molar-refractivity contribution in [3.63, 3.8) is 0 Å². The number of carbonyl (C=O) groups excluding carboxylic acids is 1. The molecule has 0 aliphatic heterocycles. The van der Waals surface area contributed by atoms with E-state index < -0.39 is 0 Å². The number of carbonyl (C=O) groups is 1. The summed E-state index contributed by atoms with van der Waals surface area (Å²) in [5.41, 5.74) is 8.77. The van der Waals surface area contributed by atoms with Crippen molar-refractivity contribution in [1.82, 2.24) is 5.32 Å². The average Bonchev–Trinajstić information content (AvgIpc) is 2.48. The fraction of sp³-hybridized carbons (Fsp3) is 0.235. The van der Waals surface area contributed by atoms with E-state index in [1.54, 1.807) is 0 Å². The first-order valence-electron chi connectivity index (χ1n) is 6.92. The highest BCUT2D eigenvalue weighted by molar-refractivity contribution is 9.10. The summed E-state index contributed by atoms with van der Waals surface area (Å²) in [6, 6.07) is 15.6. The topological polar surface area (TPSA) is 55.1 Å². The van der Waals surface area contributed by atoms with Crippen molar-refractivity contribution in [3.05, 3.63) is 69.7 Å². The van der Waals surface area contributed by atoms with Gasteiger partial charge in [0.1, 0.15) is 0 Å². The molecule has 0 aliphatic carbocycles. The van der Waals surface area contributed by atoms with Gasteiger partial charge in [-0.05, 0) is 29.7 Å². The van der Waals surface area contributed by atoms with E-state index in [2.05, 4.69) is 21.2 Å². The van der Waals surface area contributed by atoms with Crippen LogP contribution in [0, 0.1) is 0 Å². The predicted molar refractivity (Wildman–Crippen MR) is 88.7 cm³/mol. The normalized spacial score (nSPS) is 12.0. The minimum absolute atomic E-state index is 0.000784. The number of rotatable bonds is 5.